The van der Waals surface area contributed by atoms with Gasteiger partial charge >= 0.3 is 12.1 Å². The molecule has 192 valence electrons. The highest BCUT2D eigenvalue weighted by Crippen LogP contribution is 2.29. The minimum Gasteiger partial charge on any atom is -0.481 e. The first kappa shape index (κ1) is 27.2. The summed E-state index contributed by atoms with van der Waals surface area (Å²) in [5, 5.41) is 11.2. The van der Waals surface area contributed by atoms with E-state index in [0.29, 0.717) is 25.0 Å². The van der Waals surface area contributed by atoms with Crippen LogP contribution in [0.5, 0.6) is 0 Å². The summed E-state index contributed by atoms with van der Waals surface area (Å²) in [4.78, 5) is 32.2. The van der Waals surface area contributed by atoms with E-state index in [1.54, 1.807) is 0 Å². The molecule has 7 nitrogen and oxygen atoms in total. The van der Waals surface area contributed by atoms with Crippen molar-refractivity contribution in [3.63, 3.8) is 0 Å². The lowest BCUT2D eigenvalue weighted by Crippen LogP contribution is -2.60. The van der Waals surface area contributed by atoms with Crippen molar-refractivity contribution in [1.29, 1.82) is 0 Å². The Bertz CT molecular complexity index is 1200. The molecule has 3 rings (SSSR count). The number of carboxylic acid groups (broad SMARTS) is 1. The summed E-state index contributed by atoms with van der Waals surface area (Å²) in [5.74, 6) is -0.813. The van der Waals surface area contributed by atoms with Crippen molar-refractivity contribution in [3.8, 4) is 0 Å². The van der Waals surface area contributed by atoms with Crippen LogP contribution in [0.15, 0.2) is 41.9 Å². The Morgan fingerprint density at radius 3 is 2.28 bits per heavy atom. The van der Waals surface area contributed by atoms with E-state index in [2.05, 4.69) is 64.8 Å². The summed E-state index contributed by atoms with van der Waals surface area (Å²) in [6.45, 7) is 8.94. The second kappa shape index (κ2) is 11.1. The van der Waals surface area contributed by atoms with Crippen LogP contribution < -0.4 is 20.2 Å². The molecule has 0 unspecified atom stereocenters. The number of fused-ring (bicyclic) bond motifs is 2. The molecule has 1 N–H and O–H groups in total. The number of unbranched alkanes of at least 4 members (excludes halogenated alkanes) is 2. The van der Waals surface area contributed by atoms with Gasteiger partial charge in [0.15, 0.2) is 0 Å². The quantitative estimate of drug-likeness (QED) is 0.404. The topological polar surface area (TPSA) is 82.4 Å². The van der Waals surface area contributed by atoms with Crippen LogP contribution in [-0.2, 0) is 9.53 Å². The van der Waals surface area contributed by atoms with Crippen LogP contribution in [0.4, 0.5) is 16.2 Å². The average molecular weight is 508 g/mol. The normalized spacial score (nSPS) is 14.6. The standard InChI is InChI=1S/C28H37N3O4Si/c1-8-19-16-21(31(4)5)18-24-26(19)27(29-28(34)35-15-11-9-10-12-25(32)33)22-14-13-20(30(2)3)17-23(22)36(24,6)7/h8,13-14,16-18H,1,9-12,15H2,2-7H3,(H,32,33)/b29-27+. The molecule has 0 saturated heterocycles. The molecule has 0 atom stereocenters. The van der Waals surface area contributed by atoms with Gasteiger partial charge < -0.3 is 19.6 Å². The summed E-state index contributed by atoms with van der Waals surface area (Å²) >= 11 is 0. The van der Waals surface area contributed by atoms with Gasteiger partial charge in [-0.15, -0.1) is 0 Å². The third-order valence-electron chi connectivity index (χ3n) is 6.71. The Kier molecular flexibility index (Phi) is 8.40. The molecule has 0 bridgehead atoms. The zero-order valence-electron chi connectivity index (χ0n) is 22.2. The number of carboxylic acids is 1. The minimum absolute atomic E-state index is 0.123. The van der Waals surface area contributed by atoms with Gasteiger partial charge in [0.1, 0.15) is 8.07 Å². The van der Waals surface area contributed by atoms with E-state index in [9.17, 15) is 9.59 Å². The van der Waals surface area contributed by atoms with E-state index in [1.807, 2.05) is 34.3 Å². The van der Waals surface area contributed by atoms with Crippen molar-refractivity contribution in [3.05, 3.63) is 53.6 Å². The van der Waals surface area contributed by atoms with Crippen molar-refractivity contribution in [2.24, 2.45) is 4.99 Å². The van der Waals surface area contributed by atoms with E-state index >= 15 is 0 Å². The van der Waals surface area contributed by atoms with Crippen molar-refractivity contribution < 1.29 is 19.4 Å². The Morgan fingerprint density at radius 1 is 1.00 bits per heavy atom. The van der Waals surface area contributed by atoms with Crippen LogP contribution in [0, 0.1) is 0 Å². The Hall–Kier alpha value is -3.39. The fourth-order valence-electron chi connectivity index (χ4n) is 4.59. The molecule has 2 aromatic carbocycles. The first-order valence-electron chi connectivity index (χ1n) is 12.3. The van der Waals surface area contributed by atoms with E-state index in [1.165, 1.54) is 10.4 Å². The summed E-state index contributed by atoms with van der Waals surface area (Å²) < 4.78 is 5.43. The van der Waals surface area contributed by atoms with E-state index in [4.69, 9.17) is 9.84 Å². The van der Waals surface area contributed by atoms with Crippen LogP contribution in [0.1, 0.15) is 42.4 Å². The number of aliphatic imine (C=N–C) groups is 1. The van der Waals surface area contributed by atoms with Gasteiger partial charge in [-0.2, -0.15) is 4.99 Å². The first-order chi connectivity index (χ1) is 17.0. The molecule has 0 spiro atoms. The molecular weight excluding hydrogens is 470 g/mol. The average Bonchev–Trinajstić information content (AvgIpc) is 2.82. The summed E-state index contributed by atoms with van der Waals surface area (Å²) in [7, 11) is 5.93. The van der Waals surface area contributed by atoms with E-state index < -0.39 is 20.1 Å². The molecule has 1 aliphatic rings. The molecule has 0 radical (unpaired) electrons. The Balaban J connectivity index is 2.07. The molecular formula is C28H37N3O4Si. The number of amides is 1. The van der Waals surface area contributed by atoms with E-state index in [-0.39, 0.29) is 13.0 Å². The molecule has 2 aromatic rings. The van der Waals surface area contributed by atoms with Crippen LogP contribution in [0.3, 0.4) is 0 Å². The SMILES string of the molecule is C=Cc1cc(N(C)C)cc2c1/C(=N/C(=O)OCCCCCC(=O)O)c1ccc(N(C)C)cc1[Si]2(C)C. The molecule has 1 amide bonds. The lowest BCUT2D eigenvalue weighted by molar-refractivity contribution is -0.137. The minimum atomic E-state index is -2.16. The number of anilines is 2. The Labute approximate surface area is 215 Å². The maximum atomic E-state index is 12.8. The van der Waals surface area contributed by atoms with Gasteiger partial charge in [-0.3, -0.25) is 4.79 Å². The van der Waals surface area contributed by atoms with Crippen LogP contribution in [-0.4, -0.2) is 65.8 Å². The predicted molar refractivity (Wildman–Crippen MR) is 151 cm³/mol. The van der Waals surface area contributed by atoms with Crippen molar-refractivity contribution in [1.82, 2.24) is 0 Å². The zero-order valence-corrected chi connectivity index (χ0v) is 23.2. The highest BCUT2D eigenvalue weighted by atomic mass is 28.3. The predicted octanol–water partition coefficient (Wildman–Crippen LogP) is 4.22. The van der Waals surface area contributed by atoms with Gasteiger partial charge in [0.25, 0.3) is 0 Å². The van der Waals surface area contributed by atoms with Gasteiger partial charge in [0, 0.05) is 57.1 Å². The van der Waals surface area contributed by atoms with E-state index in [0.717, 1.165) is 28.1 Å². The second-order valence-electron chi connectivity index (χ2n) is 10.1. The summed E-state index contributed by atoms with van der Waals surface area (Å²) in [5.41, 5.74) is 5.67. The largest absolute Gasteiger partial charge is 0.481 e. The summed E-state index contributed by atoms with van der Waals surface area (Å²) in [6.07, 6.45) is 3.17. The van der Waals surface area contributed by atoms with Crippen LogP contribution in [0.2, 0.25) is 13.1 Å². The number of aliphatic carboxylic acids is 1. The molecule has 1 aliphatic heterocycles. The van der Waals surface area contributed by atoms with Gasteiger partial charge in [-0.25, -0.2) is 4.79 Å². The van der Waals surface area contributed by atoms with Gasteiger partial charge in [-0.05, 0) is 59.5 Å². The maximum Gasteiger partial charge on any atom is 0.434 e. The first-order valence-corrected chi connectivity index (χ1v) is 15.3. The van der Waals surface area contributed by atoms with Crippen LogP contribution >= 0.6 is 0 Å². The number of nitrogens with zero attached hydrogens (tertiary/aromatic N) is 3. The number of hydrogen-bond donors (Lipinski definition) is 1. The zero-order chi connectivity index (χ0) is 26.6. The summed E-state index contributed by atoms with van der Waals surface area (Å²) in [6, 6.07) is 10.7. The molecule has 1 heterocycles. The number of ether oxygens (including phenoxy) is 1. The van der Waals surface area contributed by atoms with Gasteiger partial charge in [0.2, 0.25) is 0 Å². The fraction of sp³-hybridized carbons (Fsp3) is 0.393. The second-order valence-corrected chi connectivity index (χ2v) is 14.4. The smallest absolute Gasteiger partial charge is 0.434 e. The lowest BCUT2D eigenvalue weighted by atomic mass is 9.95. The highest BCUT2D eigenvalue weighted by Gasteiger charge is 2.39. The lowest BCUT2D eigenvalue weighted by Gasteiger charge is -2.36. The fourth-order valence-corrected chi connectivity index (χ4v) is 7.66. The van der Waals surface area contributed by atoms with Crippen molar-refractivity contribution in [2.75, 3.05) is 44.6 Å². The van der Waals surface area contributed by atoms with Gasteiger partial charge in [0.05, 0.1) is 12.3 Å². The van der Waals surface area contributed by atoms with Gasteiger partial charge in [-0.1, -0.05) is 31.8 Å². The third-order valence-corrected chi connectivity index (χ3v) is 10.2. The molecule has 0 aliphatic carbocycles. The van der Waals surface area contributed by atoms with Crippen molar-refractivity contribution in [2.45, 2.75) is 38.8 Å². The molecule has 0 fully saturated rings. The highest BCUT2D eigenvalue weighted by molar-refractivity contribution is 7.02. The third kappa shape index (κ3) is 5.70. The number of hydrogen-bond acceptors (Lipinski definition) is 5. The number of carbonyl (C=O) groups is 2. The monoisotopic (exact) mass is 507 g/mol. The number of rotatable bonds is 9. The van der Waals surface area contributed by atoms with Crippen LogP contribution in [0.25, 0.3) is 6.08 Å². The molecule has 8 heteroatoms. The molecule has 0 aromatic heterocycles. The molecule has 36 heavy (non-hydrogen) atoms. The van der Waals surface area contributed by atoms with Crippen molar-refractivity contribution >= 4 is 53.7 Å². The molecule has 0 saturated carbocycles. The Morgan fingerprint density at radius 2 is 1.67 bits per heavy atom. The number of carbonyl (C=O) groups excluding carboxylic acids is 1. The maximum absolute atomic E-state index is 12.8. The number of benzene rings is 2.